The van der Waals surface area contributed by atoms with E-state index in [4.69, 9.17) is 0 Å². The van der Waals surface area contributed by atoms with Gasteiger partial charge in [-0.15, -0.1) is 39.4 Å². The van der Waals surface area contributed by atoms with Gasteiger partial charge in [-0.2, -0.15) is 0 Å². The van der Waals surface area contributed by atoms with Crippen molar-refractivity contribution in [2.75, 3.05) is 11.1 Å². The number of thiophene rings is 1. The summed E-state index contributed by atoms with van der Waals surface area (Å²) in [4.78, 5) is 18.6. The largest absolute Gasteiger partial charge is 0.301 e. The molecule has 9 heteroatoms. The quantitative estimate of drug-likeness (QED) is 0.243. The topological polar surface area (TPSA) is 72.7 Å². The maximum absolute atomic E-state index is 12.6. The van der Waals surface area contributed by atoms with E-state index in [1.54, 1.807) is 0 Å². The van der Waals surface area contributed by atoms with Crippen LogP contribution >= 0.6 is 34.4 Å². The normalized spacial score (nSPS) is 13.0. The molecule has 0 saturated heterocycles. The van der Waals surface area contributed by atoms with Crippen molar-refractivity contribution < 1.29 is 4.79 Å². The lowest BCUT2D eigenvalue weighted by Crippen LogP contribution is -2.14. The Morgan fingerprint density at radius 2 is 2.00 bits per heavy atom. The van der Waals surface area contributed by atoms with Crippen molar-refractivity contribution in [2.24, 2.45) is 0 Å². The maximum atomic E-state index is 12.6. The monoisotopic (exact) mass is 493 g/mol. The molecule has 3 heterocycles. The van der Waals surface area contributed by atoms with Gasteiger partial charge >= 0.3 is 0 Å². The predicted molar refractivity (Wildman–Crippen MR) is 137 cm³/mol. The molecule has 1 aromatic carbocycles. The number of aromatic nitrogens is 4. The molecule has 5 rings (SSSR count). The molecule has 0 unspecified atom stereocenters. The molecule has 6 nitrogen and oxygen atoms in total. The van der Waals surface area contributed by atoms with Crippen molar-refractivity contribution >= 4 is 45.5 Å². The van der Waals surface area contributed by atoms with Gasteiger partial charge in [0.05, 0.1) is 11.4 Å². The first-order valence-electron chi connectivity index (χ1n) is 10.8. The van der Waals surface area contributed by atoms with Gasteiger partial charge in [0.25, 0.3) is 0 Å². The Morgan fingerprint density at radius 3 is 2.85 bits per heavy atom. The summed E-state index contributed by atoms with van der Waals surface area (Å²) < 4.78 is 2.05. The number of nitrogens with one attached hydrogen (secondary N) is 1. The van der Waals surface area contributed by atoms with E-state index in [-0.39, 0.29) is 11.7 Å². The molecule has 168 valence electrons. The standard InChI is InChI=1S/C24H23N5OS3/c1-2-12-29-22(18-13-31-20-11-7-6-10-17(18)20)27-28-24(29)33-15-21(30)26-23-25-19(14-32-23)16-8-4-3-5-9-16/h2-5,8-9,13-14H,1,6-7,10-12,15H2,(H,25,26,30). The van der Waals surface area contributed by atoms with E-state index >= 15 is 0 Å². The summed E-state index contributed by atoms with van der Waals surface area (Å²) in [6, 6.07) is 9.93. The summed E-state index contributed by atoms with van der Waals surface area (Å²) in [5, 5.41) is 17.3. The van der Waals surface area contributed by atoms with Gasteiger partial charge in [0.15, 0.2) is 16.1 Å². The number of hydrogen-bond donors (Lipinski definition) is 1. The van der Waals surface area contributed by atoms with Crippen molar-refractivity contribution in [1.29, 1.82) is 0 Å². The van der Waals surface area contributed by atoms with Crippen LogP contribution in [0.4, 0.5) is 5.13 Å². The van der Waals surface area contributed by atoms with Crippen LogP contribution < -0.4 is 5.32 Å². The van der Waals surface area contributed by atoms with Gasteiger partial charge in [0, 0.05) is 33.3 Å². The number of thiazole rings is 1. The summed E-state index contributed by atoms with van der Waals surface area (Å²) in [5.74, 6) is 0.985. The highest BCUT2D eigenvalue weighted by atomic mass is 32.2. The average molecular weight is 494 g/mol. The first kappa shape index (κ1) is 22.1. The number of rotatable bonds is 8. The number of amides is 1. The molecule has 1 aliphatic rings. The number of carbonyl (C=O) groups excluding carboxylic acids is 1. The van der Waals surface area contributed by atoms with Gasteiger partial charge in [-0.1, -0.05) is 48.2 Å². The molecule has 1 amide bonds. The molecular formula is C24H23N5OS3. The third-order valence-electron chi connectivity index (χ3n) is 5.48. The summed E-state index contributed by atoms with van der Waals surface area (Å²) in [6.45, 7) is 4.50. The highest BCUT2D eigenvalue weighted by Crippen LogP contribution is 2.37. The summed E-state index contributed by atoms with van der Waals surface area (Å²) in [7, 11) is 0. The lowest BCUT2D eigenvalue weighted by atomic mass is 9.95. The Labute approximate surface area is 204 Å². The highest BCUT2D eigenvalue weighted by molar-refractivity contribution is 7.99. The number of anilines is 1. The van der Waals surface area contributed by atoms with Crippen LogP contribution in [0.25, 0.3) is 22.6 Å². The molecule has 4 aromatic rings. The van der Waals surface area contributed by atoms with Crippen LogP contribution in [0.1, 0.15) is 23.3 Å². The minimum atomic E-state index is -0.114. The average Bonchev–Trinajstić information content (AvgIpc) is 3.57. The van der Waals surface area contributed by atoms with E-state index in [0.717, 1.165) is 35.1 Å². The first-order valence-corrected chi connectivity index (χ1v) is 13.5. The van der Waals surface area contributed by atoms with E-state index in [1.165, 1.54) is 51.9 Å². The molecule has 0 bridgehead atoms. The van der Waals surface area contributed by atoms with E-state index < -0.39 is 0 Å². The second kappa shape index (κ2) is 10.0. The first-order chi connectivity index (χ1) is 16.2. The van der Waals surface area contributed by atoms with Gasteiger partial charge in [-0.3, -0.25) is 9.36 Å². The Hall–Kier alpha value is -2.75. The molecule has 0 aliphatic heterocycles. The van der Waals surface area contributed by atoms with Crippen LogP contribution in [-0.2, 0) is 24.2 Å². The predicted octanol–water partition coefficient (Wildman–Crippen LogP) is 5.93. The second-order valence-electron chi connectivity index (χ2n) is 7.70. The SMILES string of the molecule is C=CCn1c(SCC(=O)Nc2nc(-c3ccccc3)cs2)nnc1-c1csc2c1CCCC2. The molecule has 0 radical (unpaired) electrons. The molecule has 0 fully saturated rings. The summed E-state index contributed by atoms with van der Waals surface area (Å²) in [5.41, 5.74) is 4.48. The maximum Gasteiger partial charge on any atom is 0.236 e. The van der Waals surface area contributed by atoms with Crippen molar-refractivity contribution in [1.82, 2.24) is 19.7 Å². The molecule has 33 heavy (non-hydrogen) atoms. The minimum absolute atomic E-state index is 0.114. The van der Waals surface area contributed by atoms with Crippen molar-refractivity contribution in [3.8, 4) is 22.6 Å². The summed E-state index contributed by atoms with van der Waals surface area (Å²) >= 11 is 4.63. The van der Waals surface area contributed by atoms with Crippen LogP contribution in [0.5, 0.6) is 0 Å². The van der Waals surface area contributed by atoms with Gasteiger partial charge in [-0.25, -0.2) is 4.98 Å². The number of carbonyl (C=O) groups is 1. The molecule has 3 aromatic heterocycles. The lowest BCUT2D eigenvalue weighted by molar-refractivity contribution is -0.113. The van der Waals surface area contributed by atoms with Crippen LogP contribution in [0.15, 0.2) is 58.9 Å². The zero-order chi connectivity index (χ0) is 22.6. The number of nitrogens with zero attached hydrogens (tertiary/aromatic N) is 4. The smallest absolute Gasteiger partial charge is 0.236 e. The molecular weight excluding hydrogens is 470 g/mol. The number of benzene rings is 1. The third kappa shape index (κ3) is 4.80. The summed E-state index contributed by atoms with van der Waals surface area (Å²) in [6.07, 6.45) is 6.57. The third-order valence-corrected chi connectivity index (χ3v) is 8.30. The number of allylic oxidation sites excluding steroid dienone is 1. The van der Waals surface area contributed by atoms with Gasteiger partial charge in [0.1, 0.15) is 0 Å². The Bertz CT molecular complexity index is 1270. The Balaban J connectivity index is 1.27. The van der Waals surface area contributed by atoms with Crippen LogP contribution in [0.3, 0.4) is 0 Å². The number of hydrogen-bond acceptors (Lipinski definition) is 7. The Kier molecular flexibility index (Phi) is 6.70. The fraction of sp³-hybridized carbons (Fsp3) is 0.250. The fourth-order valence-corrected chi connectivity index (χ4v) is 6.54. The zero-order valence-corrected chi connectivity index (χ0v) is 20.4. The van der Waals surface area contributed by atoms with Crippen LogP contribution in [0.2, 0.25) is 0 Å². The van der Waals surface area contributed by atoms with Crippen molar-refractivity contribution in [3.63, 3.8) is 0 Å². The van der Waals surface area contributed by atoms with E-state index in [2.05, 4.69) is 37.0 Å². The van der Waals surface area contributed by atoms with Crippen molar-refractivity contribution in [2.45, 2.75) is 37.4 Å². The van der Waals surface area contributed by atoms with E-state index in [1.807, 2.05) is 53.1 Å². The lowest BCUT2D eigenvalue weighted by Gasteiger charge is -2.13. The van der Waals surface area contributed by atoms with Gasteiger partial charge in [0.2, 0.25) is 5.91 Å². The molecule has 1 aliphatic carbocycles. The van der Waals surface area contributed by atoms with E-state index in [0.29, 0.717) is 11.7 Å². The zero-order valence-electron chi connectivity index (χ0n) is 18.0. The number of fused-ring (bicyclic) bond motifs is 1. The van der Waals surface area contributed by atoms with Crippen LogP contribution in [-0.4, -0.2) is 31.4 Å². The molecule has 1 N–H and O–H groups in total. The highest BCUT2D eigenvalue weighted by Gasteiger charge is 2.22. The van der Waals surface area contributed by atoms with Gasteiger partial charge in [-0.05, 0) is 31.2 Å². The fourth-order valence-electron chi connectivity index (χ4n) is 3.93. The van der Waals surface area contributed by atoms with Crippen LogP contribution in [0, 0.1) is 0 Å². The molecule has 0 spiro atoms. The van der Waals surface area contributed by atoms with E-state index in [9.17, 15) is 4.79 Å². The molecule has 0 saturated carbocycles. The number of thioether (sulfide) groups is 1. The molecule has 0 atom stereocenters. The second-order valence-corrected chi connectivity index (χ2v) is 10.5. The number of aryl methyl sites for hydroxylation is 1. The Morgan fingerprint density at radius 1 is 1.15 bits per heavy atom. The van der Waals surface area contributed by atoms with Gasteiger partial charge < -0.3 is 5.32 Å². The minimum Gasteiger partial charge on any atom is -0.301 e. The van der Waals surface area contributed by atoms with Crippen molar-refractivity contribution in [3.05, 3.63) is 64.2 Å².